The summed E-state index contributed by atoms with van der Waals surface area (Å²) in [5, 5.41) is 10.5. The number of hydrogen-bond acceptors (Lipinski definition) is 4. The monoisotopic (exact) mass is 337 g/mol. The summed E-state index contributed by atoms with van der Waals surface area (Å²) >= 11 is 0. The smallest absolute Gasteiger partial charge is 0.315 e. The first kappa shape index (κ1) is 17.0. The summed E-state index contributed by atoms with van der Waals surface area (Å²) in [6.07, 6.45) is 2.19. The number of urea groups is 1. The van der Waals surface area contributed by atoms with E-state index < -0.39 is 10.0 Å². The average molecular weight is 337 g/mol. The van der Waals surface area contributed by atoms with Crippen LogP contribution in [0.25, 0.3) is 0 Å². The largest absolute Gasteiger partial charge is 0.469 e. The van der Waals surface area contributed by atoms with Crippen molar-refractivity contribution in [2.24, 2.45) is 5.14 Å². The standard InChI is InChI=1S/C15H19N3O4S/c1-11(9-13-3-2-8-22-13)18-15(19)17-10-12-4-6-14(7-5-12)23(16,20)21/h2-8,11H,9-10H2,1H3,(H2,16,20,21)(H2,17,18,19)/t11-/m0/s1. The fourth-order valence-corrected chi connectivity index (χ4v) is 2.55. The van der Waals surface area contributed by atoms with Gasteiger partial charge in [-0.3, -0.25) is 0 Å². The molecule has 0 saturated carbocycles. The molecule has 124 valence electrons. The van der Waals surface area contributed by atoms with Crippen LogP contribution in [0, 0.1) is 0 Å². The van der Waals surface area contributed by atoms with Crippen molar-refractivity contribution >= 4 is 16.1 Å². The fraction of sp³-hybridized carbons (Fsp3) is 0.267. The topological polar surface area (TPSA) is 114 Å². The molecule has 1 aromatic heterocycles. The van der Waals surface area contributed by atoms with Crippen LogP contribution in [0.15, 0.2) is 52.0 Å². The molecule has 8 heteroatoms. The Kier molecular flexibility index (Phi) is 5.41. The Hall–Kier alpha value is -2.32. The molecule has 1 aromatic carbocycles. The van der Waals surface area contributed by atoms with Gasteiger partial charge < -0.3 is 15.1 Å². The van der Waals surface area contributed by atoms with Crippen molar-refractivity contribution in [1.29, 1.82) is 0 Å². The molecular formula is C15H19N3O4S. The number of nitrogens with one attached hydrogen (secondary N) is 2. The molecule has 0 spiro atoms. The van der Waals surface area contributed by atoms with E-state index >= 15 is 0 Å². The van der Waals surface area contributed by atoms with Crippen LogP contribution in [0.1, 0.15) is 18.2 Å². The van der Waals surface area contributed by atoms with E-state index in [-0.39, 0.29) is 23.5 Å². The number of rotatable bonds is 6. The number of carbonyl (C=O) groups is 1. The predicted octanol–water partition coefficient (Wildman–Crippen LogP) is 1.36. The molecule has 2 amide bonds. The molecule has 0 saturated heterocycles. The van der Waals surface area contributed by atoms with Crippen molar-refractivity contribution in [3.8, 4) is 0 Å². The highest BCUT2D eigenvalue weighted by molar-refractivity contribution is 7.89. The fourth-order valence-electron chi connectivity index (χ4n) is 2.04. The maximum atomic E-state index is 11.8. The number of hydrogen-bond donors (Lipinski definition) is 3. The van der Waals surface area contributed by atoms with Gasteiger partial charge in [-0.25, -0.2) is 18.4 Å². The molecule has 23 heavy (non-hydrogen) atoms. The first-order valence-corrected chi connectivity index (χ1v) is 8.58. The van der Waals surface area contributed by atoms with Crippen molar-refractivity contribution in [2.75, 3.05) is 0 Å². The molecule has 7 nitrogen and oxygen atoms in total. The zero-order chi connectivity index (χ0) is 16.9. The SMILES string of the molecule is C[C@@H](Cc1ccco1)NC(=O)NCc1ccc(S(N)(=O)=O)cc1. The van der Waals surface area contributed by atoms with Gasteiger partial charge in [0.15, 0.2) is 0 Å². The summed E-state index contributed by atoms with van der Waals surface area (Å²) in [5.41, 5.74) is 0.770. The van der Waals surface area contributed by atoms with Crippen molar-refractivity contribution < 1.29 is 17.6 Å². The van der Waals surface area contributed by atoms with E-state index in [1.807, 2.05) is 13.0 Å². The van der Waals surface area contributed by atoms with E-state index in [1.165, 1.54) is 12.1 Å². The second kappa shape index (κ2) is 7.30. The summed E-state index contributed by atoms with van der Waals surface area (Å²) in [7, 11) is -3.70. The highest BCUT2D eigenvalue weighted by atomic mass is 32.2. The molecule has 2 rings (SSSR count). The molecule has 4 N–H and O–H groups in total. The first-order valence-electron chi connectivity index (χ1n) is 7.03. The quantitative estimate of drug-likeness (QED) is 0.738. The first-order chi connectivity index (χ1) is 10.8. The van der Waals surface area contributed by atoms with Crippen LogP contribution < -0.4 is 15.8 Å². The lowest BCUT2D eigenvalue weighted by Crippen LogP contribution is -2.41. The maximum absolute atomic E-state index is 11.8. The highest BCUT2D eigenvalue weighted by Gasteiger charge is 2.10. The van der Waals surface area contributed by atoms with Crippen molar-refractivity contribution in [1.82, 2.24) is 10.6 Å². The Morgan fingerprint density at radius 1 is 1.26 bits per heavy atom. The summed E-state index contributed by atoms with van der Waals surface area (Å²) < 4.78 is 27.5. The van der Waals surface area contributed by atoms with Crippen LogP contribution in [0.5, 0.6) is 0 Å². The van der Waals surface area contributed by atoms with Crippen LogP contribution in [0.2, 0.25) is 0 Å². The molecule has 0 bridgehead atoms. The zero-order valence-electron chi connectivity index (χ0n) is 12.7. The molecule has 0 aliphatic heterocycles. The number of benzene rings is 1. The summed E-state index contributed by atoms with van der Waals surface area (Å²) in [6.45, 7) is 2.16. The number of nitrogens with two attached hydrogens (primary N) is 1. The van der Waals surface area contributed by atoms with Crippen LogP contribution in [-0.4, -0.2) is 20.5 Å². The van der Waals surface area contributed by atoms with Gasteiger partial charge in [0.2, 0.25) is 10.0 Å². The minimum Gasteiger partial charge on any atom is -0.469 e. The third kappa shape index (κ3) is 5.42. The van der Waals surface area contributed by atoms with Crippen molar-refractivity contribution in [2.45, 2.75) is 30.8 Å². The predicted molar refractivity (Wildman–Crippen MR) is 85.1 cm³/mol. The molecule has 1 heterocycles. The van der Waals surface area contributed by atoms with E-state index in [0.717, 1.165) is 11.3 Å². The highest BCUT2D eigenvalue weighted by Crippen LogP contribution is 2.08. The third-order valence-corrected chi connectivity index (χ3v) is 4.10. The van der Waals surface area contributed by atoms with E-state index in [2.05, 4.69) is 10.6 Å². The van der Waals surface area contributed by atoms with E-state index in [9.17, 15) is 13.2 Å². The second-order valence-electron chi connectivity index (χ2n) is 5.20. The Balaban J connectivity index is 1.80. The van der Waals surface area contributed by atoms with Gasteiger partial charge in [-0.05, 0) is 36.8 Å². The Bertz CT molecular complexity index is 740. The lowest BCUT2D eigenvalue weighted by Gasteiger charge is -2.13. The number of amides is 2. The molecular weight excluding hydrogens is 318 g/mol. The van der Waals surface area contributed by atoms with Crippen LogP contribution >= 0.6 is 0 Å². The molecule has 0 aliphatic carbocycles. The minimum absolute atomic E-state index is 0.0396. The van der Waals surface area contributed by atoms with Gasteiger partial charge in [0.25, 0.3) is 0 Å². The normalized spacial score (nSPS) is 12.6. The summed E-state index contributed by atoms with van der Waals surface area (Å²) in [5.74, 6) is 0.802. The lowest BCUT2D eigenvalue weighted by molar-refractivity contribution is 0.237. The molecule has 0 aliphatic rings. The van der Waals surface area contributed by atoms with E-state index in [1.54, 1.807) is 24.5 Å². The van der Waals surface area contributed by atoms with Gasteiger partial charge in [0.05, 0.1) is 11.2 Å². The van der Waals surface area contributed by atoms with Gasteiger partial charge in [-0.15, -0.1) is 0 Å². The van der Waals surface area contributed by atoms with Gasteiger partial charge in [0, 0.05) is 19.0 Å². The van der Waals surface area contributed by atoms with Gasteiger partial charge in [-0.1, -0.05) is 12.1 Å². The molecule has 0 radical (unpaired) electrons. The average Bonchev–Trinajstić information content (AvgIpc) is 2.97. The second-order valence-corrected chi connectivity index (χ2v) is 6.76. The lowest BCUT2D eigenvalue weighted by atomic mass is 10.2. The Morgan fingerprint density at radius 2 is 1.96 bits per heavy atom. The van der Waals surface area contributed by atoms with Gasteiger partial charge in [0.1, 0.15) is 5.76 Å². The third-order valence-electron chi connectivity index (χ3n) is 3.17. The van der Waals surface area contributed by atoms with Crippen LogP contribution in [0.4, 0.5) is 4.79 Å². The van der Waals surface area contributed by atoms with Gasteiger partial charge >= 0.3 is 6.03 Å². The maximum Gasteiger partial charge on any atom is 0.315 e. The van der Waals surface area contributed by atoms with E-state index in [0.29, 0.717) is 6.42 Å². The van der Waals surface area contributed by atoms with Crippen molar-refractivity contribution in [3.05, 3.63) is 54.0 Å². The molecule has 2 aromatic rings. The Morgan fingerprint density at radius 3 is 2.52 bits per heavy atom. The van der Waals surface area contributed by atoms with Crippen LogP contribution in [0.3, 0.4) is 0 Å². The number of primary sulfonamides is 1. The molecule has 1 atom stereocenters. The summed E-state index contributed by atoms with van der Waals surface area (Å²) in [4.78, 5) is 11.9. The molecule has 0 unspecified atom stereocenters. The number of carbonyl (C=O) groups excluding carboxylic acids is 1. The molecule has 0 fully saturated rings. The summed E-state index contributed by atoms with van der Waals surface area (Å²) in [6, 6.07) is 9.29. The minimum atomic E-state index is -3.70. The van der Waals surface area contributed by atoms with E-state index in [4.69, 9.17) is 9.56 Å². The van der Waals surface area contributed by atoms with Crippen LogP contribution in [-0.2, 0) is 23.0 Å². The zero-order valence-corrected chi connectivity index (χ0v) is 13.5. The van der Waals surface area contributed by atoms with Crippen molar-refractivity contribution in [3.63, 3.8) is 0 Å². The number of sulfonamides is 1. The van der Waals surface area contributed by atoms with Gasteiger partial charge in [-0.2, -0.15) is 0 Å². The number of furan rings is 1. The Labute approximate surface area is 134 Å².